The lowest BCUT2D eigenvalue weighted by atomic mass is 10.2. The van der Waals surface area contributed by atoms with Gasteiger partial charge in [0.25, 0.3) is 5.91 Å². The molecule has 0 saturated carbocycles. The summed E-state index contributed by atoms with van der Waals surface area (Å²) in [7, 11) is 1.78. The molecule has 6 heteroatoms. The lowest BCUT2D eigenvalue weighted by molar-refractivity contribution is 0.0786. The predicted octanol–water partition coefficient (Wildman–Crippen LogP) is 3.61. The Morgan fingerprint density at radius 2 is 1.91 bits per heavy atom. The fourth-order valence-corrected chi connectivity index (χ4v) is 2.15. The second-order valence-electron chi connectivity index (χ2n) is 5.36. The van der Waals surface area contributed by atoms with Gasteiger partial charge in [0, 0.05) is 25.2 Å². The highest BCUT2D eigenvalue weighted by atomic mass is 35.5. The van der Waals surface area contributed by atoms with E-state index in [2.05, 4.69) is 22.4 Å². The number of nitrogens with zero attached hydrogens (tertiary/aromatic N) is 3. The van der Waals surface area contributed by atoms with Crippen molar-refractivity contribution in [2.24, 2.45) is 0 Å². The van der Waals surface area contributed by atoms with E-state index in [1.807, 2.05) is 24.3 Å². The first kappa shape index (κ1) is 17.2. The normalized spacial score (nSPS) is 10.4. The van der Waals surface area contributed by atoms with Gasteiger partial charge in [-0.05, 0) is 36.2 Å². The molecule has 0 radical (unpaired) electrons. The highest BCUT2D eigenvalue weighted by molar-refractivity contribution is 6.30. The van der Waals surface area contributed by atoms with Crippen molar-refractivity contribution >= 4 is 23.3 Å². The summed E-state index contributed by atoms with van der Waals surface area (Å²) in [5.41, 5.74) is 1.45. The average Bonchev–Trinajstić information content (AvgIpc) is 2.59. The number of hydrogen-bond acceptors (Lipinski definition) is 4. The summed E-state index contributed by atoms with van der Waals surface area (Å²) in [5.74, 6) is 0.530. The highest BCUT2D eigenvalue weighted by Gasteiger charge is 2.13. The summed E-state index contributed by atoms with van der Waals surface area (Å²) in [6.45, 7) is 3.45. The van der Waals surface area contributed by atoms with Crippen molar-refractivity contribution in [3.63, 3.8) is 0 Å². The Hall–Kier alpha value is -2.14. The fraction of sp³-hybridized carbons (Fsp3) is 0.353. The summed E-state index contributed by atoms with van der Waals surface area (Å²) < 4.78 is 0. The van der Waals surface area contributed by atoms with Gasteiger partial charge in [0.2, 0.25) is 0 Å². The largest absolute Gasteiger partial charge is 0.365 e. The van der Waals surface area contributed by atoms with Crippen molar-refractivity contribution in [2.75, 3.05) is 18.9 Å². The summed E-state index contributed by atoms with van der Waals surface area (Å²) in [6, 6.07) is 11.1. The monoisotopic (exact) mass is 332 g/mol. The minimum absolute atomic E-state index is 0.102. The van der Waals surface area contributed by atoms with E-state index in [0.29, 0.717) is 23.1 Å². The van der Waals surface area contributed by atoms with Gasteiger partial charge in [0.1, 0.15) is 5.82 Å². The van der Waals surface area contributed by atoms with Gasteiger partial charge < -0.3 is 10.2 Å². The molecule has 0 aliphatic heterocycles. The number of amides is 1. The first-order valence-electron chi connectivity index (χ1n) is 7.67. The Balaban J connectivity index is 1.91. The topological polar surface area (TPSA) is 58.1 Å². The van der Waals surface area contributed by atoms with Crippen molar-refractivity contribution in [3.05, 3.63) is 52.7 Å². The molecule has 1 aromatic carbocycles. The number of benzene rings is 1. The summed E-state index contributed by atoms with van der Waals surface area (Å²) in [6.07, 6.45) is 2.03. The van der Waals surface area contributed by atoms with E-state index in [0.717, 1.165) is 24.9 Å². The van der Waals surface area contributed by atoms with E-state index in [1.54, 1.807) is 24.1 Å². The van der Waals surface area contributed by atoms with E-state index in [-0.39, 0.29) is 5.91 Å². The lowest BCUT2D eigenvalue weighted by Gasteiger charge is -2.15. The van der Waals surface area contributed by atoms with Crippen LogP contribution in [0.25, 0.3) is 0 Å². The fourth-order valence-electron chi connectivity index (χ4n) is 2.03. The molecule has 0 bridgehead atoms. The first-order valence-corrected chi connectivity index (χ1v) is 8.05. The molecule has 2 rings (SSSR count). The number of carbonyl (C=O) groups is 1. The Morgan fingerprint density at radius 1 is 1.17 bits per heavy atom. The number of halogens is 1. The number of rotatable bonds is 7. The molecule has 0 aliphatic rings. The number of carbonyl (C=O) groups excluding carboxylic acids is 1. The van der Waals surface area contributed by atoms with Crippen LogP contribution < -0.4 is 5.32 Å². The number of hydrogen-bond donors (Lipinski definition) is 1. The minimum Gasteiger partial charge on any atom is -0.365 e. The maximum absolute atomic E-state index is 12.2. The zero-order valence-electron chi connectivity index (χ0n) is 13.4. The van der Waals surface area contributed by atoms with Gasteiger partial charge in [-0.15, -0.1) is 10.2 Å². The molecule has 1 heterocycles. The third-order valence-corrected chi connectivity index (χ3v) is 3.72. The molecule has 23 heavy (non-hydrogen) atoms. The molecule has 0 unspecified atom stereocenters. The van der Waals surface area contributed by atoms with Gasteiger partial charge >= 0.3 is 0 Å². The molecule has 2 aromatic rings. The number of unbranched alkanes of at least 4 members (excludes halogenated alkanes) is 1. The summed E-state index contributed by atoms with van der Waals surface area (Å²) in [5, 5.41) is 11.9. The molecule has 5 nitrogen and oxygen atoms in total. The number of nitrogens with one attached hydrogen (secondary N) is 1. The van der Waals surface area contributed by atoms with Crippen molar-refractivity contribution in [1.82, 2.24) is 15.1 Å². The molecule has 0 aliphatic carbocycles. The van der Waals surface area contributed by atoms with Crippen molar-refractivity contribution in [2.45, 2.75) is 26.3 Å². The quantitative estimate of drug-likeness (QED) is 0.841. The van der Waals surface area contributed by atoms with Crippen molar-refractivity contribution in [1.29, 1.82) is 0 Å². The SMILES string of the molecule is CCCCN(C)C(=O)c1ccc(NCc2ccc(Cl)cc2)nn1. The van der Waals surface area contributed by atoms with Crippen LogP contribution in [0.5, 0.6) is 0 Å². The number of aromatic nitrogens is 2. The number of anilines is 1. The second-order valence-corrected chi connectivity index (χ2v) is 5.80. The Bertz CT molecular complexity index is 628. The van der Waals surface area contributed by atoms with Gasteiger partial charge in [-0.25, -0.2) is 0 Å². The molecule has 0 spiro atoms. The van der Waals surface area contributed by atoms with E-state index < -0.39 is 0 Å². The van der Waals surface area contributed by atoms with E-state index in [9.17, 15) is 4.79 Å². The van der Waals surface area contributed by atoms with Crippen LogP contribution in [0.4, 0.5) is 5.82 Å². The molecule has 0 saturated heterocycles. The van der Waals surface area contributed by atoms with Crippen LogP contribution in [0.2, 0.25) is 5.02 Å². The van der Waals surface area contributed by atoms with E-state index in [4.69, 9.17) is 11.6 Å². The van der Waals surface area contributed by atoms with Gasteiger partial charge in [0.05, 0.1) is 0 Å². The van der Waals surface area contributed by atoms with Gasteiger partial charge in [-0.1, -0.05) is 37.1 Å². The Morgan fingerprint density at radius 3 is 2.52 bits per heavy atom. The standard InChI is InChI=1S/C17H21ClN4O/c1-3-4-11-22(2)17(23)15-9-10-16(21-20-15)19-12-13-5-7-14(18)8-6-13/h5-10H,3-4,11-12H2,1-2H3,(H,19,21). The molecular weight excluding hydrogens is 312 g/mol. The van der Waals surface area contributed by atoms with E-state index in [1.165, 1.54) is 0 Å². The van der Waals surface area contributed by atoms with Crippen LogP contribution in [0.1, 0.15) is 35.8 Å². The van der Waals surface area contributed by atoms with Crippen LogP contribution >= 0.6 is 11.6 Å². The third kappa shape index (κ3) is 5.21. The van der Waals surface area contributed by atoms with Gasteiger partial charge in [-0.3, -0.25) is 4.79 Å². The van der Waals surface area contributed by atoms with Gasteiger partial charge in [-0.2, -0.15) is 0 Å². The Kier molecular flexibility index (Phi) is 6.35. The zero-order chi connectivity index (χ0) is 16.7. The highest BCUT2D eigenvalue weighted by Crippen LogP contribution is 2.11. The zero-order valence-corrected chi connectivity index (χ0v) is 14.2. The predicted molar refractivity (Wildman–Crippen MR) is 92.7 cm³/mol. The molecular formula is C17H21ClN4O. The minimum atomic E-state index is -0.102. The van der Waals surface area contributed by atoms with Crippen LogP contribution in [0.3, 0.4) is 0 Å². The molecule has 0 atom stereocenters. The average molecular weight is 333 g/mol. The lowest BCUT2D eigenvalue weighted by Crippen LogP contribution is -2.28. The molecule has 1 amide bonds. The molecule has 1 aromatic heterocycles. The summed E-state index contributed by atoms with van der Waals surface area (Å²) in [4.78, 5) is 13.8. The van der Waals surface area contributed by atoms with Crippen LogP contribution in [-0.2, 0) is 6.54 Å². The summed E-state index contributed by atoms with van der Waals surface area (Å²) >= 11 is 5.85. The van der Waals surface area contributed by atoms with Gasteiger partial charge in [0.15, 0.2) is 5.69 Å². The Labute approximate surface area is 141 Å². The third-order valence-electron chi connectivity index (χ3n) is 3.46. The van der Waals surface area contributed by atoms with Crippen molar-refractivity contribution in [3.8, 4) is 0 Å². The van der Waals surface area contributed by atoms with E-state index >= 15 is 0 Å². The van der Waals surface area contributed by atoms with Crippen molar-refractivity contribution < 1.29 is 4.79 Å². The second kappa shape index (κ2) is 8.48. The maximum Gasteiger partial charge on any atom is 0.274 e. The smallest absolute Gasteiger partial charge is 0.274 e. The van der Waals surface area contributed by atoms with Crippen LogP contribution in [0.15, 0.2) is 36.4 Å². The molecule has 1 N–H and O–H groups in total. The maximum atomic E-state index is 12.2. The molecule has 122 valence electrons. The van der Waals surface area contributed by atoms with Crippen LogP contribution in [-0.4, -0.2) is 34.6 Å². The van der Waals surface area contributed by atoms with Crippen LogP contribution in [0, 0.1) is 0 Å². The molecule has 0 fully saturated rings. The first-order chi connectivity index (χ1) is 11.1.